The minimum absolute atomic E-state index is 0. The second-order valence-corrected chi connectivity index (χ2v) is 0.761. The molecule has 0 N–H and O–H groups in total. The van der Waals surface area contributed by atoms with Gasteiger partial charge in [-0.1, -0.05) is 24.8 Å². The van der Waals surface area contributed by atoms with Gasteiger partial charge in [0.15, 0.2) is 0 Å². The van der Waals surface area contributed by atoms with Crippen LogP contribution in [0.4, 0.5) is 0 Å². The van der Waals surface area contributed by atoms with Crippen LogP contribution < -0.4 is 0 Å². The first kappa shape index (κ1) is 15.7. The average molecular weight is 148 g/mol. The molecule has 0 aromatic heterocycles. The Bertz CT molecular complexity index is 50.0. The van der Waals surface area contributed by atoms with Gasteiger partial charge in [-0.2, -0.15) is 0 Å². The number of hydrogen-bond donors (Lipinski definition) is 0. The van der Waals surface area contributed by atoms with Gasteiger partial charge in [0, 0.05) is 21.7 Å². The molecular weight excluding hydrogens is 136 g/mol. The first-order valence-electron chi connectivity index (χ1n) is 1.65. The largest absolute Gasteiger partial charge is 0.0991 e. The maximum atomic E-state index is 3.46. The summed E-state index contributed by atoms with van der Waals surface area (Å²) in [6.07, 6.45) is 5.58. The summed E-state index contributed by atoms with van der Waals surface area (Å²) < 4.78 is 0. The van der Waals surface area contributed by atoms with Gasteiger partial charge in [-0.15, -0.1) is 0 Å². The van der Waals surface area contributed by atoms with Crippen LogP contribution in [0.2, 0.25) is 0 Å². The molecule has 0 saturated carbocycles. The molecule has 0 bridgehead atoms. The molecule has 0 saturated heterocycles. The Morgan fingerprint density at radius 1 is 1.43 bits per heavy atom. The molecule has 0 aromatic carbocycles. The van der Waals surface area contributed by atoms with Crippen LogP contribution in [0.25, 0.3) is 0 Å². The minimum Gasteiger partial charge on any atom is -0.0991 e. The van der Waals surface area contributed by atoms with Crippen LogP contribution in [0.1, 0.15) is 6.92 Å². The standard InChI is InChI=1S/C5H8.H4Si.Ti/c1-3-5-4-2;;/h3-5H,1H2,2H3;1H4;/b5-4+;;. The molecule has 0 spiro atoms. The summed E-state index contributed by atoms with van der Waals surface area (Å²) in [6, 6.07) is 0. The smallest absolute Gasteiger partial charge is 0 e. The van der Waals surface area contributed by atoms with Crippen molar-refractivity contribution >= 4 is 11.0 Å². The van der Waals surface area contributed by atoms with E-state index in [4.69, 9.17) is 0 Å². The van der Waals surface area contributed by atoms with Crippen molar-refractivity contribution in [3.05, 3.63) is 24.8 Å². The molecule has 0 atom stereocenters. The van der Waals surface area contributed by atoms with Crippen LogP contribution in [0.5, 0.6) is 0 Å². The quantitative estimate of drug-likeness (QED) is 0.370. The summed E-state index contributed by atoms with van der Waals surface area (Å²) in [6.45, 7) is 5.42. The molecule has 0 amide bonds. The van der Waals surface area contributed by atoms with Gasteiger partial charge in [-0.3, -0.25) is 0 Å². The average Bonchev–Trinajstić information content (AvgIpc) is 1.41. The van der Waals surface area contributed by atoms with Crippen molar-refractivity contribution in [2.45, 2.75) is 6.92 Å². The van der Waals surface area contributed by atoms with Gasteiger partial charge >= 0.3 is 0 Å². The van der Waals surface area contributed by atoms with Crippen LogP contribution in [-0.4, -0.2) is 11.0 Å². The molecule has 0 unspecified atom stereocenters. The third-order valence-electron chi connectivity index (χ3n) is 0.329. The molecule has 2 heteroatoms. The maximum Gasteiger partial charge on any atom is 0 e. The molecule has 7 heavy (non-hydrogen) atoms. The molecule has 0 fully saturated rings. The van der Waals surface area contributed by atoms with Crippen molar-refractivity contribution in [2.75, 3.05) is 0 Å². The molecule has 0 aliphatic carbocycles. The van der Waals surface area contributed by atoms with Crippen molar-refractivity contribution in [3.8, 4) is 0 Å². The van der Waals surface area contributed by atoms with Crippen LogP contribution >= 0.6 is 0 Å². The Hall–Kier alpha value is 0.411. The van der Waals surface area contributed by atoms with E-state index in [2.05, 4.69) is 6.58 Å². The van der Waals surface area contributed by atoms with E-state index in [0.29, 0.717) is 0 Å². The van der Waals surface area contributed by atoms with Crippen molar-refractivity contribution < 1.29 is 21.7 Å². The third-order valence-corrected chi connectivity index (χ3v) is 0.329. The van der Waals surface area contributed by atoms with E-state index in [1.165, 1.54) is 0 Å². The summed E-state index contributed by atoms with van der Waals surface area (Å²) in [5.41, 5.74) is 0. The minimum atomic E-state index is 0. The second kappa shape index (κ2) is 16.1. The van der Waals surface area contributed by atoms with Gasteiger partial charge in [0.25, 0.3) is 0 Å². The Kier molecular flexibility index (Phi) is 36.1. The van der Waals surface area contributed by atoms with Gasteiger partial charge in [0.2, 0.25) is 0 Å². The molecule has 0 aliphatic rings. The SMILES string of the molecule is C=C/C=C/C.[SiH4].[Ti]. The topological polar surface area (TPSA) is 0 Å². The van der Waals surface area contributed by atoms with Crippen LogP contribution in [0, 0.1) is 0 Å². The van der Waals surface area contributed by atoms with Crippen LogP contribution in [0.15, 0.2) is 24.8 Å². The van der Waals surface area contributed by atoms with Gasteiger partial charge in [0.05, 0.1) is 0 Å². The summed E-state index contributed by atoms with van der Waals surface area (Å²) >= 11 is 0. The zero-order valence-corrected chi connectivity index (χ0v) is 5.50. The fourth-order valence-corrected chi connectivity index (χ4v) is 0.136. The number of allylic oxidation sites excluding steroid dienone is 3. The fraction of sp³-hybridized carbons (Fsp3) is 0.200. The predicted octanol–water partition coefficient (Wildman–Crippen LogP) is 0.294. The van der Waals surface area contributed by atoms with E-state index in [-0.39, 0.29) is 32.7 Å². The zero-order valence-electron chi connectivity index (χ0n) is 3.94. The maximum absolute atomic E-state index is 3.46. The number of hydrogen-bond acceptors (Lipinski definition) is 0. The Labute approximate surface area is 64.6 Å². The Morgan fingerprint density at radius 3 is 1.86 bits per heavy atom. The molecule has 0 heterocycles. The molecule has 0 nitrogen and oxygen atoms in total. The molecule has 0 aliphatic heterocycles. The molecule has 0 aromatic rings. The monoisotopic (exact) mass is 148 g/mol. The zero-order chi connectivity index (χ0) is 4.12. The van der Waals surface area contributed by atoms with E-state index in [9.17, 15) is 0 Å². The summed E-state index contributed by atoms with van der Waals surface area (Å²) in [7, 11) is 0. The first-order chi connectivity index (χ1) is 2.41. The summed E-state index contributed by atoms with van der Waals surface area (Å²) in [5, 5.41) is 0. The van der Waals surface area contributed by atoms with Gasteiger partial charge < -0.3 is 0 Å². The summed E-state index contributed by atoms with van der Waals surface area (Å²) in [5.74, 6) is 0. The van der Waals surface area contributed by atoms with E-state index in [0.717, 1.165) is 0 Å². The summed E-state index contributed by atoms with van der Waals surface area (Å²) in [4.78, 5) is 0. The second-order valence-electron chi connectivity index (χ2n) is 0.761. The van der Waals surface area contributed by atoms with E-state index < -0.39 is 0 Å². The van der Waals surface area contributed by atoms with E-state index in [1.54, 1.807) is 6.08 Å². The van der Waals surface area contributed by atoms with Gasteiger partial charge in [-0.05, 0) is 17.9 Å². The van der Waals surface area contributed by atoms with Gasteiger partial charge in [-0.25, -0.2) is 0 Å². The van der Waals surface area contributed by atoms with Crippen LogP contribution in [-0.2, 0) is 21.7 Å². The Balaban J connectivity index is -0.0000000800. The van der Waals surface area contributed by atoms with Gasteiger partial charge in [0.1, 0.15) is 0 Å². The molecule has 40 valence electrons. The van der Waals surface area contributed by atoms with Crippen LogP contribution in [0.3, 0.4) is 0 Å². The van der Waals surface area contributed by atoms with E-state index in [1.807, 2.05) is 19.1 Å². The van der Waals surface area contributed by atoms with Crippen molar-refractivity contribution in [1.82, 2.24) is 0 Å². The Morgan fingerprint density at radius 2 is 1.86 bits per heavy atom. The van der Waals surface area contributed by atoms with Crippen molar-refractivity contribution in [1.29, 1.82) is 0 Å². The van der Waals surface area contributed by atoms with E-state index >= 15 is 0 Å². The molecule has 0 radical (unpaired) electrons. The molecule has 0 rings (SSSR count). The first-order valence-corrected chi connectivity index (χ1v) is 1.65. The molecular formula is C5H12SiTi. The number of rotatable bonds is 1. The fourth-order valence-electron chi connectivity index (χ4n) is 0.136. The van der Waals surface area contributed by atoms with Crippen molar-refractivity contribution in [3.63, 3.8) is 0 Å². The normalized spacial score (nSPS) is 6.43. The third kappa shape index (κ3) is 21.5. The van der Waals surface area contributed by atoms with Crippen molar-refractivity contribution in [2.24, 2.45) is 0 Å². The predicted molar refractivity (Wildman–Crippen MR) is 36.3 cm³/mol.